The van der Waals surface area contributed by atoms with Crippen LogP contribution >= 0.6 is 15.6 Å². The van der Waals surface area contributed by atoms with Crippen molar-refractivity contribution in [2.75, 3.05) is 39.6 Å². The van der Waals surface area contributed by atoms with Crippen molar-refractivity contribution in [1.29, 1.82) is 0 Å². The third-order valence-electron chi connectivity index (χ3n) is 22.2. The molecule has 672 valence electrons. The first kappa shape index (κ1) is 111. The average molecular weight is 1650 g/mol. The molecular weight excluding hydrogens is 1460 g/mol. The number of esters is 4. The van der Waals surface area contributed by atoms with Gasteiger partial charge in [0.1, 0.15) is 19.3 Å². The maximum absolute atomic E-state index is 13.2. The topological polar surface area (TPSA) is 237 Å². The van der Waals surface area contributed by atoms with E-state index in [1.165, 1.54) is 327 Å². The fraction of sp³-hybridized carbons (Fsp3) is 0.957. The molecule has 2 unspecified atom stereocenters. The predicted octanol–water partition coefficient (Wildman–Crippen LogP) is 29.4. The highest BCUT2D eigenvalue weighted by Crippen LogP contribution is 2.45. The molecule has 0 aliphatic rings. The smallest absolute Gasteiger partial charge is 0.462 e. The summed E-state index contributed by atoms with van der Waals surface area (Å²) in [6.07, 6.45) is 80.8. The molecule has 0 saturated heterocycles. The Kier molecular flexibility index (Phi) is 83.6. The van der Waals surface area contributed by atoms with Crippen LogP contribution in [0.15, 0.2) is 0 Å². The van der Waals surface area contributed by atoms with E-state index in [9.17, 15) is 43.2 Å². The maximum atomic E-state index is 13.2. The molecule has 0 amide bonds. The quantitative estimate of drug-likeness (QED) is 0.0222. The Balaban J connectivity index is 5.24. The number of phosphoric acid groups is 2. The van der Waals surface area contributed by atoms with Gasteiger partial charge in [-0.15, -0.1) is 0 Å². The summed E-state index contributed by atoms with van der Waals surface area (Å²) < 4.78 is 69.2. The lowest BCUT2D eigenvalue weighted by molar-refractivity contribution is -0.161. The molecule has 0 aromatic heterocycles. The molecule has 17 nitrogen and oxygen atoms in total. The number of hydrogen-bond donors (Lipinski definition) is 3. The third kappa shape index (κ3) is 87.7. The SMILES string of the molecule is CCCCCCCCCCCCCCCCCCCCCCC(=O)OC[C@H](COP(=O)(O)OC[C@@H](O)COP(=O)(O)OC[C@@H](COC(=O)CCCCCCCCCCCC(C)C)OC(=O)CCCCCCCCCCCCCCCCCCCCCC)OC(=O)CCCCCCCCCCCCCCCCCCCCC(C)C. The van der Waals surface area contributed by atoms with Crippen LogP contribution < -0.4 is 0 Å². The lowest BCUT2D eigenvalue weighted by atomic mass is 10.0. The van der Waals surface area contributed by atoms with Gasteiger partial charge in [0, 0.05) is 25.7 Å². The van der Waals surface area contributed by atoms with Crippen molar-refractivity contribution in [3.63, 3.8) is 0 Å². The van der Waals surface area contributed by atoms with Gasteiger partial charge in [-0.3, -0.25) is 37.3 Å². The predicted molar refractivity (Wildman–Crippen MR) is 469 cm³/mol. The number of rotatable bonds is 93. The summed E-state index contributed by atoms with van der Waals surface area (Å²) in [7, 11) is -9.94. The van der Waals surface area contributed by atoms with Crippen molar-refractivity contribution >= 4 is 39.5 Å². The standard InChI is InChI=1S/C94H184O17P2/c1-7-9-11-13-15-17-19-21-23-25-27-29-34-38-42-46-52-58-64-70-76-91(96)104-82-89(110-93(98)78-73-67-61-54-48-44-40-36-32-31-33-37-41-45-50-56-62-68-74-86(3)4)84-108-112(100,101)106-80-88(95)81-107-113(102,103)109-85-90(83-105-92(97)77-71-65-59-55-49-51-57-63-69-75-87(5)6)111-94(99)79-72-66-60-53-47-43-39-35-30-28-26-24-22-20-18-16-14-12-10-8-2/h86-90,95H,7-85H2,1-6H3,(H,100,101)(H,102,103)/t88-,89-,90-/m1/s1. The first-order valence-electron chi connectivity index (χ1n) is 48.5. The van der Waals surface area contributed by atoms with E-state index >= 15 is 0 Å². The summed E-state index contributed by atoms with van der Waals surface area (Å²) in [6.45, 7) is 9.74. The van der Waals surface area contributed by atoms with Crippen molar-refractivity contribution in [2.24, 2.45) is 11.8 Å². The summed E-state index contributed by atoms with van der Waals surface area (Å²) in [4.78, 5) is 73.5. The minimum atomic E-state index is -4.97. The van der Waals surface area contributed by atoms with Crippen LogP contribution in [0.2, 0.25) is 0 Å². The Morgan fingerprint density at radius 2 is 0.407 bits per heavy atom. The third-order valence-corrected chi connectivity index (χ3v) is 24.1. The molecule has 0 fully saturated rings. The number of hydrogen-bond acceptors (Lipinski definition) is 15. The Bertz CT molecular complexity index is 2150. The number of aliphatic hydroxyl groups excluding tert-OH is 1. The van der Waals surface area contributed by atoms with E-state index in [2.05, 4.69) is 41.5 Å². The lowest BCUT2D eigenvalue weighted by Crippen LogP contribution is -2.30. The molecule has 0 rings (SSSR count). The van der Waals surface area contributed by atoms with Gasteiger partial charge in [-0.2, -0.15) is 0 Å². The number of unbranched alkanes of at least 4 members (excludes halogenated alkanes) is 63. The number of ether oxygens (including phenoxy) is 4. The van der Waals surface area contributed by atoms with Gasteiger partial charge in [0.25, 0.3) is 0 Å². The second-order valence-electron chi connectivity index (χ2n) is 34.7. The highest BCUT2D eigenvalue weighted by Gasteiger charge is 2.31. The van der Waals surface area contributed by atoms with Gasteiger partial charge in [-0.1, -0.05) is 459 Å². The molecule has 0 aromatic rings. The zero-order valence-corrected chi connectivity index (χ0v) is 76.5. The monoisotopic (exact) mass is 1650 g/mol. The normalized spacial score (nSPS) is 13.7. The van der Waals surface area contributed by atoms with Gasteiger partial charge in [0.05, 0.1) is 26.4 Å². The zero-order valence-electron chi connectivity index (χ0n) is 74.7. The van der Waals surface area contributed by atoms with Crippen LogP contribution in [0, 0.1) is 11.8 Å². The Hall–Kier alpha value is -1.94. The highest BCUT2D eigenvalue weighted by molar-refractivity contribution is 7.47. The maximum Gasteiger partial charge on any atom is 0.472 e. The van der Waals surface area contributed by atoms with Crippen molar-refractivity contribution in [1.82, 2.24) is 0 Å². The molecule has 0 radical (unpaired) electrons. The van der Waals surface area contributed by atoms with E-state index in [4.69, 9.17) is 37.0 Å². The fourth-order valence-corrected chi connectivity index (χ4v) is 16.4. The van der Waals surface area contributed by atoms with Crippen LogP contribution in [-0.2, 0) is 65.4 Å². The number of carbonyl (C=O) groups is 4. The molecule has 0 saturated carbocycles. The second kappa shape index (κ2) is 85.1. The van der Waals surface area contributed by atoms with Crippen LogP contribution in [0.4, 0.5) is 0 Å². The van der Waals surface area contributed by atoms with Gasteiger partial charge in [-0.25, -0.2) is 9.13 Å². The Morgan fingerprint density at radius 1 is 0.239 bits per heavy atom. The molecule has 0 bridgehead atoms. The van der Waals surface area contributed by atoms with E-state index in [1.807, 2.05) is 0 Å². The lowest BCUT2D eigenvalue weighted by Gasteiger charge is -2.21. The van der Waals surface area contributed by atoms with Crippen molar-refractivity contribution in [3.8, 4) is 0 Å². The number of phosphoric ester groups is 2. The summed E-state index contributed by atoms with van der Waals surface area (Å²) in [6, 6.07) is 0. The van der Waals surface area contributed by atoms with Crippen LogP contribution in [-0.4, -0.2) is 96.7 Å². The Morgan fingerprint density at radius 3 is 0.602 bits per heavy atom. The van der Waals surface area contributed by atoms with Crippen molar-refractivity contribution < 1.29 is 80.2 Å². The van der Waals surface area contributed by atoms with Crippen LogP contribution in [0.25, 0.3) is 0 Å². The Labute approximate surface area is 696 Å². The average Bonchev–Trinajstić information content (AvgIpc) is 0.896. The van der Waals surface area contributed by atoms with Crippen LogP contribution in [0.1, 0.15) is 510 Å². The van der Waals surface area contributed by atoms with E-state index in [-0.39, 0.29) is 25.7 Å². The van der Waals surface area contributed by atoms with Crippen molar-refractivity contribution in [2.45, 2.75) is 529 Å². The largest absolute Gasteiger partial charge is 0.472 e. The van der Waals surface area contributed by atoms with Gasteiger partial charge in [0.15, 0.2) is 12.2 Å². The second-order valence-corrected chi connectivity index (χ2v) is 37.6. The molecule has 0 aromatic carbocycles. The molecule has 0 aliphatic carbocycles. The van der Waals surface area contributed by atoms with Crippen LogP contribution in [0.5, 0.6) is 0 Å². The number of carbonyl (C=O) groups excluding carboxylic acids is 4. The highest BCUT2D eigenvalue weighted by atomic mass is 31.2. The molecule has 5 atom stereocenters. The minimum Gasteiger partial charge on any atom is -0.462 e. The summed E-state index contributed by atoms with van der Waals surface area (Å²) in [5.41, 5.74) is 0. The molecule has 3 N–H and O–H groups in total. The fourth-order valence-electron chi connectivity index (χ4n) is 14.8. The van der Waals surface area contributed by atoms with Crippen LogP contribution in [0.3, 0.4) is 0 Å². The minimum absolute atomic E-state index is 0.109. The molecular formula is C94H184O17P2. The first-order chi connectivity index (χ1) is 54.9. The molecule has 0 aliphatic heterocycles. The van der Waals surface area contributed by atoms with Crippen molar-refractivity contribution in [3.05, 3.63) is 0 Å². The van der Waals surface area contributed by atoms with E-state index < -0.39 is 97.5 Å². The molecule has 0 heterocycles. The van der Waals surface area contributed by atoms with Gasteiger partial charge >= 0.3 is 39.5 Å². The van der Waals surface area contributed by atoms with E-state index in [1.54, 1.807) is 0 Å². The van der Waals surface area contributed by atoms with Gasteiger partial charge in [0.2, 0.25) is 0 Å². The molecule has 113 heavy (non-hydrogen) atoms. The van der Waals surface area contributed by atoms with Gasteiger partial charge < -0.3 is 33.8 Å². The summed E-state index contributed by atoms with van der Waals surface area (Å²) in [5.74, 6) is -0.529. The number of aliphatic hydroxyl groups is 1. The molecule has 0 spiro atoms. The summed E-state index contributed by atoms with van der Waals surface area (Å²) >= 11 is 0. The van der Waals surface area contributed by atoms with Gasteiger partial charge in [-0.05, 0) is 37.5 Å². The van der Waals surface area contributed by atoms with E-state index in [0.717, 1.165) is 102 Å². The summed E-state index contributed by atoms with van der Waals surface area (Å²) in [5, 5.41) is 10.7. The molecule has 19 heteroatoms. The van der Waals surface area contributed by atoms with E-state index in [0.29, 0.717) is 25.7 Å². The first-order valence-corrected chi connectivity index (χ1v) is 51.5. The zero-order chi connectivity index (χ0) is 82.7.